The van der Waals surface area contributed by atoms with E-state index in [9.17, 15) is 0 Å². The van der Waals surface area contributed by atoms with Gasteiger partial charge >= 0.3 is 0 Å². The van der Waals surface area contributed by atoms with Crippen molar-refractivity contribution in [2.75, 3.05) is 20.7 Å². The van der Waals surface area contributed by atoms with Crippen molar-refractivity contribution in [3.05, 3.63) is 28.2 Å². The van der Waals surface area contributed by atoms with E-state index in [0.29, 0.717) is 5.41 Å². The Morgan fingerprint density at radius 1 is 1.19 bits per heavy atom. The zero-order valence-corrected chi connectivity index (χ0v) is 15.0. The van der Waals surface area contributed by atoms with Crippen LogP contribution in [-0.2, 0) is 6.42 Å². The summed E-state index contributed by atoms with van der Waals surface area (Å²) in [6.07, 6.45) is 10.9. The number of nitrogens with one attached hydrogen (secondary N) is 1. The smallest absolute Gasteiger partial charge is 0.133 e. The fraction of sp³-hybridized carbons (Fsp3) is 0.667. The van der Waals surface area contributed by atoms with Gasteiger partial charge in [-0.3, -0.25) is 0 Å². The highest BCUT2D eigenvalue weighted by molar-refractivity contribution is 9.10. The van der Waals surface area contributed by atoms with E-state index in [1.54, 1.807) is 7.11 Å². The monoisotopic (exact) mass is 353 g/mol. The molecule has 1 N–H and O–H groups in total. The number of benzene rings is 1. The lowest BCUT2D eigenvalue weighted by atomic mass is 9.68. The van der Waals surface area contributed by atoms with Crippen LogP contribution in [0.25, 0.3) is 0 Å². The minimum absolute atomic E-state index is 0.563. The van der Waals surface area contributed by atoms with Gasteiger partial charge in [-0.1, -0.05) is 25.3 Å². The predicted octanol–water partition coefficient (Wildman–Crippen LogP) is 4.95. The first-order chi connectivity index (χ1) is 10.2. The van der Waals surface area contributed by atoms with Crippen LogP contribution >= 0.6 is 15.9 Å². The highest BCUT2D eigenvalue weighted by Crippen LogP contribution is 2.43. The number of rotatable bonds is 7. The first kappa shape index (κ1) is 16.8. The molecule has 1 aromatic carbocycles. The minimum Gasteiger partial charge on any atom is -0.496 e. The van der Waals surface area contributed by atoms with Crippen LogP contribution < -0.4 is 10.1 Å². The number of hydrogen-bond acceptors (Lipinski definition) is 2. The molecule has 3 heteroatoms. The lowest BCUT2D eigenvalue weighted by Gasteiger charge is -2.38. The predicted molar refractivity (Wildman–Crippen MR) is 93.1 cm³/mol. The van der Waals surface area contributed by atoms with Crippen molar-refractivity contribution in [1.29, 1.82) is 0 Å². The molecule has 1 saturated carbocycles. The maximum atomic E-state index is 5.31. The van der Waals surface area contributed by atoms with Gasteiger partial charge in [-0.25, -0.2) is 0 Å². The van der Waals surface area contributed by atoms with Crippen molar-refractivity contribution in [3.8, 4) is 5.75 Å². The SMILES string of the molecule is CNCCC1(CCc2ccc(OC)c(Br)c2)CCCCC1. The standard InChI is InChI=1S/C18H28BrNO/c1-20-13-12-18(9-4-3-5-10-18)11-8-15-6-7-17(21-2)16(19)14-15/h6-7,14,20H,3-5,8-13H2,1-2H3. The molecule has 118 valence electrons. The summed E-state index contributed by atoms with van der Waals surface area (Å²) in [5.41, 5.74) is 1.98. The largest absolute Gasteiger partial charge is 0.496 e. The molecule has 0 aromatic heterocycles. The van der Waals surface area contributed by atoms with E-state index in [0.717, 1.165) is 16.8 Å². The summed E-state index contributed by atoms with van der Waals surface area (Å²) in [5.74, 6) is 0.918. The summed E-state index contributed by atoms with van der Waals surface area (Å²) < 4.78 is 6.38. The highest BCUT2D eigenvalue weighted by atomic mass is 79.9. The van der Waals surface area contributed by atoms with Gasteiger partial charge in [0, 0.05) is 0 Å². The van der Waals surface area contributed by atoms with E-state index in [4.69, 9.17) is 4.74 Å². The molecule has 0 radical (unpaired) electrons. The zero-order chi connectivity index (χ0) is 15.1. The number of methoxy groups -OCH3 is 1. The molecule has 1 aliphatic rings. The van der Waals surface area contributed by atoms with Gasteiger partial charge in [-0.2, -0.15) is 0 Å². The lowest BCUT2D eigenvalue weighted by Crippen LogP contribution is -2.29. The zero-order valence-electron chi connectivity index (χ0n) is 13.4. The summed E-state index contributed by atoms with van der Waals surface area (Å²) in [6, 6.07) is 6.49. The van der Waals surface area contributed by atoms with E-state index < -0.39 is 0 Å². The fourth-order valence-electron chi connectivity index (χ4n) is 3.59. The summed E-state index contributed by atoms with van der Waals surface area (Å²) in [6.45, 7) is 1.15. The third-order valence-corrected chi connectivity index (χ3v) is 5.60. The van der Waals surface area contributed by atoms with Gasteiger partial charge in [0.1, 0.15) is 5.75 Å². The van der Waals surface area contributed by atoms with Crippen LogP contribution in [0.15, 0.2) is 22.7 Å². The average molecular weight is 354 g/mol. The molecule has 21 heavy (non-hydrogen) atoms. The Morgan fingerprint density at radius 2 is 1.95 bits per heavy atom. The molecule has 0 spiro atoms. The Kier molecular flexibility index (Phi) is 6.56. The van der Waals surface area contributed by atoms with E-state index in [1.165, 1.54) is 56.9 Å². The molecule has 1 fully saturated rings. The maximum Gasteiger partial charge on any atom is 0.133 e. The number of aryl methyl sites for hydroxylation is 1. The van der Waals surface area contributed by atoms with Crippen LogP contribution in [0.3, 0.4) is 0 Å². The van der Waals surface area contributed by atoms with Gasteiger partial charge in [-0.15, -0.1) is 0 Å². The molecule has 2 rings (SSSR count). The van der Waals surface area contributed by atoms with Crippen LogP contribution in [0.1, 0.15) is 50.5 Å². The van der Waals surface area contributed by atoms with Crippen molar-refractivity contribution in [3.63, 3.8) is 0 Å². The second kappa shape index (κ2) is 8.19. The Morgan fingerprint density at radius 3 is 2.57 bits per heavy atom. The molecule has 1 aromatic rings. The van der Waals surface area contributed by atoms with Crippen molar-refractivity contribution in [2.24, 2.45) is 5.41 Å². The maximum absolute atomic E-state index is 5.31. The van der Waals surface area contributed by atoms with Crippen LogP contribution in [-0.4, -0.2) is 20.7 Å². The summed E-state index contributed by atoms with van der Waals surface area (Å²) in [7, 11) is 3.78. The molecule has 1 aliphatic carbocycles. The molecule has 0 amide bonds. The van der Waals surface area contributed by atoms with Gasteiger partial charge in [0.15, 0.2) is 0 Å². The van der Waals surface area contributed by atoms with Crippen LogP contribution in [0.2, 0.25) is 0 Å². The molecule has 0 heterocycles. The molecule has 0 unspecified atom stereocenters. The molecule has 0 saturated heterocycles. The molecular weight excluding hydrogens is 326 g/mol. The molecular formula is C18H28BrNO. The van der Waals surface area contributed by atoms with Gasteiger partial charge in [0.2, 0.25) is 0 Å². The van der Waals surface area contributed by atoms with Gasteiger partial charge < -0.3 is 10.1 Å². The Bertz CT molecular complexity index is 441. The Hall–Kier alpha value is -0.540. The van der Waals surface area contributed by atoms with Crippen molar-refractivity contribution in [1.82, 2.24) is 5.32 Å². The van der Waals surface area contributed by atoms with E-state index in [2.05, 4.69) is 46.5 Å². The first-order valence-electron chi connectivity index (χ1n) is 8.16. The van der Waals surface area contributed by atoms with Gasteiger partial charge in [0.25, 0.3) is 0 Å². The Labute approximate surface area is 137 Å². The van der Waals surface area contributed by atoms with Crippen molar-refractivity contribution in [2.45, 2.75) is 51.4 Å². The van der Waals surface area contributed by atoms with Crippen molar-refractivity contribution >= 4 is 15.9 Å². The minimum atomic E-state index is 0.563. The molecule has 2 nitrogen and oxygen atoms in total. The first-order valence-corrected chi connectivity index (χ1v) is 8.95. The summed E-state index contributed by atoms with van der Waals surface area (Å²) >= 11 is 3.59. The third kappa shape index (κ3) is 4.72. The normalized spacial score (nSPS) is 17.7. The number of ether oxygens (including phenoxy) is 1. The summed E-state index contributed by atoms with van der Waals surface area (Å²) in [5, 5.41) is 3.34. The van der Waals surface area contributed by atoms with E-state index >= 15 is 0 Å². The van der Waals surface area contributed by atoms with Gasteiger partial charge in [0.05, 0.1) is 11.6 Å². The quantitative estimate of drug-likeness (QED) is 0.748. The molecule has 0 bridgehead atoms. The van der Waals surface area contributed by atoms with Gasteiger partial charge in [-0.05, 0) is 84.7 Å². The average Bonchev–Trinajstić information content (AvgIpc) is 2.52. The second-order valence-corrected chi connectivity index (χ2v) is 7.24. The third-order valence-electron chi connectivity index (χ3n) is 4.98. The second-order valence-electron chi connectivity index (χ2n) is 6.38. The number of hydrogen-bond donors (Lipinski definition) is 1. The van der Waals surface area contributed by atoms with E-state index in [-0.39, 0.29) is 0 Å². The highest BCUT2D eigenvalue weighted by Gasteiger charge is 2.30. The van der Waals surface area contributed by atoms with Crippen LogP contribution in [0.5, 0.6) is 5.75 Å². The van der Waals surface area contributed by atoms with E-state index in [1.807, 2.05) is 0 Å². The van der Waals surface area contributed by atoms with Crippen LogP contribution in [0, 0.1) is 5.41 Å². The van der Waals surface area contributed by atoms with Crippen molar-refractivity contribution < 1.29 is 4.74 Å². The fourth-order valence-corrected chi connectivity index (χ4v) is 4.18. The lowest BCUT2D eigenvalue weighted by molar-refractivity contribution is 0.157. The topological polar surface area (TPSA) is 21.3 Å². The van der Waals surface area contributed by atoms with Crippen LogP contribution in [0.4, 0.5) is 0 Å². The molecule has 0 atom stereocenters. The molecule has 0 aliphatic heterocycles. The Balaban J connectivity index is 1.99. The summed E-state index contributed by atoms with van der Waals surface area (Å²) in [4.78, 5) is 0. The number of halogens is 1.